The second kappa shape index (κ2) is 6.33. The molecule has 3 N–H and O–H groups in total. The summed E-state index contributed by atoms with van der Waals surface area (Å²) in [4.78, 5) is 0.356. The Labute approximate surface area is 131 Å². The highest BCUT2D eigenvalue weighted by Gasteiger charge is 2.08. The van der Waals surface area contributed by atoms with Crippen molar-refractivity contribution in [3.05, 3.63) is 63.9 Å². The molecule has 0 amide bonds. The lowest BCUT2D eigenvalue weighted by molar-refractivity contribution is 0.626. The van der Waals surface area contributed by atoms with Crippen molar-refractivity contribution >= 4 is 38.8 Å². The van der Waals surface area contributed by atoms with E-state index in [0.717, 1.165) is 21.3 Å². The van der Waals surface area contributed by atoms with Gasteiger partial charge in [-0.3, -0.25) is 0 Å². The largest absolute Gasteiger partial charge is 0.389 e. The van der Waals surface area contributed by atoms with E-state index in [-0.39, 0.29) is 11.9 Å². The Bertz CT molecular complexity index is 628. The van der Waals surface area contributed by atoms with Crippen LogP contribution in [0.15, 0.2) is 46.9 Å². The molecule has 2 aromatic rings. The second-order valence-electron chi connectivity index (χ2n) is 4.48. The average Bonchev–Trinajstić information content (AvgIpc) is 2.39. The number of benzene rings is 2. The normalized spacial score (nSPS) is 11.9. The Morgan fingerprint density at radius 2 is 1.90 bits per heavy atom. The molecule has 0 spiro atoms. The maximum atomic E-state index is 12.9. The van der Waals surface area contributed by atoms with Crippen molar-refractivity contribution in [2.75, 3.05) is 5.32 Å². The number of anilines is 1. The fourth-order valence-electron chi connectivity index (χ4n) is 1.89. The number of nitrogens with one attached hydrogen (secondary N) is 1. The molecule has 0 saturated carbocycles. The van der Waals surface area contributed by atoms with Crippen LogP contribution in [-0.4, -0.2) is 4.99 Å². The predicted octanol–water partition coefficient (Wildman–Crippen LogP) is 4.40. The minimum atomic E-state index is -0.232. The Morgan fingerprint density at radius 3 is 2.45 bits per heavy atom. The van der Waals surface area contributed by atoms with Gasteiger partial charge in [0.25, 0.3) is 0 Å². The highest BCUT2D eigenvalue weighted by molar-refractivity contribution is 9.10. The van der Waals surface area contributed by atoms with Gasteiger partial charge in [-0.1, -0.05) is 24.4 Å². The summed E-state index contributed by atoms with van der Waals surface area (Å²) in [5, 5.41) is 3.35. The number of thiocarbonyl (C=S) groups is 1. The van der Waals surface area contributed by atoms with Gasteiger partial charge in [0.05, 0.1) is 0 Å². The quantitative estimate of drug-likeness (QED) is 0.801. The van der Waals surface area contributed by atoms with Gasteiger partial charge in [-0.2, -0.15) is 0 Å². The molecule has 20 heavy (non-hydrogen) atoms. The highest BCUT2D eigenvalue weighted by atomic mass is 79.9. The molecule has 2 rings (SSSR count). The van der Waals surface area contributed by atoms with E-state index in [0.29, 0.717) is 4.99 Å². The smallest absolute Gasteiger partial charge is 0.123 e. The monoisotopic (exact) mass is 352 g/mol. The van der Waals surface area contributed by atoms with Crippen LogP contribution in [0, 0.1) is 5.82 Å². The third-order valence-electron chi connectivity index (χ3n) is 2.99. The zero-order chi connectivity index (χ0) is 14.7. The van der Waals surface area contributed by atoms with Crippen molar-refractivity contribution in [1.82, 2.24) is 0 Å². The lowest BCUT2D eigenvalue weighted by Gasteiger charge is -2.16. The topological polar surface area (TPSA) is 38.0 Å². The van der Waals surface area contributed by atoms with E-state index in [9.17, 15) is 4.39 Å². The summed E-state index contributed by atoms with van der Waals surface area (Å²) < 4.78 is 13.7. The molecule has 0 aliphatic heterocycles. The molecule has 2 aromatic carbocycles. The summed E-state index contributed by atoms with van der Waals surface area (Å²) in [6.07, 6.45) is 0. The van der Waals surface area contributed by atoms with Crippen LogP contribution in [0.5, 0.6) is 0 Å². The molecular weight excluding hydrogens is 339 g/mol. The minimum absolute atomic E-state index is 0.0678. The fraction of sp³-hybridized carbons (Fsp3) is 0.133. The van der Waals surface area contributed by atoms with Gasteiger partial charge in [0.15, 0.2) is 0 Å². The Kier molecular flexibility index (Phi) is 4.73. The van der Waals surface area contributed by atoms with Crippen molar-refractivity contribution in [3.63, 3.8) is 0 Å². The summed E-state index contributed by atoms with van der Waals surface area (Å²) in [5.74, 6) is -0.232. The van der Waals surface area contributed by atoms with Crippen LogP contribution in [0.3, 0.4) is 0 Å². The molecule has 104 valence electrons. The molecule has 0 fully saturated rings. The van der Waals surface area contributed by atoms with E-state index in [4.69, 9.17) is 18.0 Å². The average molecular weight is 353 g/mol. The maximum Gasteiger partial charge on any atom is 0.123 e. The summed E-state index contributed by atoms with van der Waals surface area (Å²) in [7, 11) is 0. The van der Waals surface area contributed by atoms with Crippen molar-refractivity contribution in [1.29, 1.82) is 0 Å². The van der Waals surface area contributed by atoms with Crippen LogP contribution in [0.1, 0.15) is 24.1 Å². The number of hydrogen-bond donors (Lipinski definition) is 2. The third kappa shape index (κ3) is 3.55. The maximum absolute atomic E-state index is 12.9. The molecule has 1 atom stereocenters. The van der Waals surface area contributed by atoms with Crippen molar-refractivity contribution in [2.45, 2.75) is 13.0 Å². The van der Waals surface area contributed by atoms with E-state index in [1.165, 1.54) is 12.1 Å². The van der Waals surface area contributed by atoms with Gasteiger partial charge in [-0.15, -0.1) is 0 Å². The summed E-state index contributed by atoms with van der Waals surface area (Å²) in [6.45, 7) is 2.02. The Balaban J connectivity index is 2.15. The van der Waals surface area contributed by atoms with E-state index in [1.807, 2.05) is 25.1 Å². The van der Waals surface area contributed by atoms with E-state index in [1.54, 1.807) is 12.1 Å². The lowest BCUT2D eigenvalue weighted by atomic mass is 10.1. The SMILES string of the molecule is CC(Nc1ccc(C(N)=S)c(Br)c1)c1ccc(F)cc1. The molecule has 1 unspecified atom stereocenters. The van der Waals surface area contributed by atoms with Crippen molar-refractivity contribution < 1.29 is 4.39 Å². The zero-order valence-corrected chi connectivity index (χ0v) is 13.3. The van der Waals surface area contributed by atoms with Crippen LogP contribution in [0.2, 0.25) is 0 Å². The molecule has 0 heterocycles. The van der Waals surface area contributed by atoms with E-state index < -0.39 is 0 Å². The summed E-state index contributed by atoms with van der Waals surface area (Å²) in [5.41, 5.74) is 8.38. The molecule has 5 heteroatoms. The van der Waals surface area contributed by atoms with Gasteiger partial charge in [0.1, 0.15) is 10.8 Å². The first-order chi connectivity index (χ1) is 9.47. The molecule has 0 radical (unpaired) electrons. The predicted molar refractivity (Wildman–Crippen MR) is 88.5 cm³/mol. The van der Waals surface area contributed by atoms with Crippen LogP contribution in [0.25, 0.3) is 0 Å². The van der Waals surface area contributed by atoms with Crippen molar-refractivity contribution in [3.8, 4) is 0 Å². The first kappa shape index (κ1) is 14.9. The molecule has 0 aliphatic rings. The highest BCUT2D eigenvalue weighted by Crippen LogP contribution is 2.25. The fourth-order valence-corrected chi connectivity index (χ4v) is 2.79. The summed E-state index contributed by atoms with van der Waals surface area (Å²) in [6, 6.07) is 12.2. The molecule has 2 nitrogen and oxygen atoms in total. The minimum Gasteiger partial charge on any atom is -0.389 e. The van der Waals surface area contributed by atoms with Gasteiger partial charge < -0.3 is 11.1 Å². The van der Waals surface area contributed by atoms with Crippen LogP contribution in [-0.2, 0) is 0 Å². The van der Waals surface area contributed by atoms with Gasteiger partial charge in [0, 0.05) is 21.8 Å². The molecule has 0 aromatic heterocycles. The number of nitrogens with two attached hydrogens (primary N) is 1. The standard InChI is InChI=1S/C15H14BrFN2S/c1-9(10-2-4-11(17)5-3-10)19-12-6-7-13(15(18)20)14(16)8-12/h2-9,19H,1H3,(H2,18,20). The molecule has 0 bridgehead atoms. The van der Waals surface area contributed by atoms with Crippen LogP contribution in [0.4, 0.5) is 10.1 Å². The Morgan fingerprint density at radius 1 is 1.25 bits per heavy atom. The first-order valence-corrected chi connectivity index (χ1v) is 7.29. The second-order valence-corrected chi connectivity index (χ2v) is 5.77. The van der Waals surface area contributed by atoms with E-state index in [2.05, 4.69) is 21.2 Å². The van der Waals surface area contributed by atoms with Crippen molar-refractivity contribution in [2.24, 2.45) is 5.73 Å². The van der Waals surface area contributed by atoms with E-state index >= 15 is 0 Å². The molecular formula is C15H14BrFN2S. The lowest BCUT2D eigenvalue weighted by Crippen LogP contribution is -2.11. The van der Waals surface area contributed by atoms with Crippen LogP contribution >= 0.6 is 28.1 Å². The Hall–Kier alpha value is -1.46. The van der Waals surface area contributed by atoms with Gasteiger partial charge in [-0.05, 0) is 58.7 Å². The number of rotatable bonds is 4. The third-order valence-corrected chi connectivity index (χ3v) is 3.86. The first-order valence-electron chi connectivity index (χ1n) is 6.08. The van der Waals surface area contributed by atoms with Gasteiger partial charge >= 0.3 is 0 Å². The molecule has 0 saturated heterocycles. The summed E-state index contributed by atoms with van der Waals surface area (Å²) >= 11 is 8.41. The number of halogens is 2. The van der Waals surface area contributed by atoms with Crippen LogP contribution < -0.4 is 11.1 Å². The van der Waals surface area contributed by atoms with Gasteiger partial charge in [-0.25, -0.2) is 4.39 Å². The number of hydrogen-bond acceptors (Lipinski definition) is 2. The van der Waals surface area contributed by atoms with Gasteiger partial charge in [0.2, 0.25) is 0 Å². The molecule has 0 aliphatic carbocycles. The zero-order valence-electron chi connectivity index (χ0n) is 10.9.